The van der Waals surface area contributed by atoms with Crippen molar-refractivity contribution in [1.82, 2.24) is 15.1 Å². The number of amides is 4. The number of carbonyl (C=O) groups excluding carboxylic acids is 3. The van der Waals surface area contributed by atoms with Crippen molar-refractivity contribution < 1.29 is 19.7 Å². The molecule has 1 saturated carbocycles. The molecule has 0 bridgehead atoms. The first-order valence-corrected chi connectivity index (χ1v) is 10.7. The number of rotatable bonds is 3. The van der Waals surface area contributed by atoms with Crippen molar-refractivity contribution in [1.29, 1.82) is 0 Å². The summed E-state index contributed by atoms with van der Waals surface area (Å²) in [5.41, 5.74) is 0. The van der Waals surface area contributed by atoms with Crippen molar-refractivity contribution in [2.24, 2.45) is 0 Å². The van der Waals surface area contributed by atoms with Gasteiger partial charge in [-0.1, -0.05) is 31.0 Å². The number of thioether (sulfide) groups is 1. The minimum absolute atomic E-state index is 0.00388. The van der Waals surface area contributed by atoms with E-state index in [1.54, 1.807) is 16.7 Å². The molecule has 0 aromatic carbocycles. The van der Waals surface area contributed by atoms with E-state index >= 15 is 0 Å². The largest absolute Gasteiger partial charge is 0.348 e. The summed E-state index contributed by atoms with van der Waals surface area (Å²) in [6.45, 7) is 0.562. The van der Waals surface area contributed by atoms with E-state index in [9.17, 15) is 14.4 Å². The number of nitrogens with zero attached hydrogens (tertiary/aromatic N) is 2. The number of hydrogen-bond donors (Lipinski definition) is 2. The van der Waals surface area contributed by atoms with E-state index in [1.807, 2.05) is 0 Å². The highest BCUT2D eigenvalue weighted by molar-refractivity contribution is 7.99. The monoisotopic (exact) mass is 367 g/mol. The standard InChI is InChI=1S/C17H26N4O3S/c22-15(13-9-25-10-18-13)19-11-6-7-20-14(8-11)16(23)21(17(20)24)12-4-2-1-3-5-12/h11-14,18H,1-10H2,(H,19,22)/p+1/t11-,13-,14-/m0/s1. The molecule has 4 amide bonds. The molecule has 8 heteroatoms. The van der Waals surface area contributed by atoms with Crippen molar-refractivity contribution >= 4 is 29.6 Å². The summed E-state index contributed by atoms with van der Waals surface area (Å²) < 4.78 is 0. The van der Waals surface area contributed by atoms with Crippen LogP contribution in [0.15, 0.2) is 0 Å². The third-order valence-electron chi connectivity index (χ3n) is 6.00. The summed E-state index contributed by atoms with van der Waals surface area (Å²) in [6, 6.07) is -0.418. The van der Waals surface area contributed by atoms with Gasteiger partial charge in [-0.2, -0.15) is 0 Å². The van der Waals surface area contributed by atoms with E-state index in [0.29, 0.717) is 13.0 Å². The van der Waals surface area contributed by atoms with Gasteiger partial charge in [0, 0.05) is 18.6 Å². The number of hydrogen-bond acceptors (Lipinski definition) is 4. The van der Waals surface area contributed by atoms with Crippen LogP contribution in [0.5, 0.6) is 0 Å². The highest BCUT2D eigenvalue weighted by Crippen LogP contribution is 2.32. The molecule has 0 radical (unpaired) electrons. The van der Waals surface area contributed by atoms with Crippen LogP contribution < -0.4 is 10.6 Å². The molecule has 7 nitrogen and oxygen atoms in total. The molecule has 0 aromatic heterocycles. The van der Waals surface area contributed by atoms with E-state index in [2.05, 4.69) is 10.6 Å². The molecule has 3 saturated heterocycles. The smallest absolute Gasteiger partial charge is 0.327 e. The first-order chi connectivity index (χ1) is 12.1. The fourth-order valence-corrected chi connectivity index (χ4v) is 5.61. The molecular weight excluding hydrogens is 340 g/mol. The Morgan fingerprint density at radius 1 is 1.16 bits per heavy atom. The van der Waals surface area contributed by atoms with E-state index in [4.69, 9.17) is 0 Å². The number of fused-ring (bicyclic) bond motifs is 1. The van der Waals surface area contributed by atoms with Crippen molar-refractivity contribution in [3.63, 3.8) is 0 Å². The number of carbonyl (C=O) groups is 3. The molecule has 0 unspecified atom stereocenters. The molecular formula is C17H27N4O3S+. The molecule has 4 fully saturated rings. The maximum atomic E-state index is 12.9. The predicted molar refractivity (Wildman–Crippen MR) is 93.8 cm³/mol. The summed E-state index contributed by atoms with van der Waals surface area (Å²) in [7, 11) is 0. The van der Waals surface area contributed by atoms with Crippen LogP contribution in [0.1, 0.15) is 44.9 Å². The van der Waals surface area contributed by atoms with Crippen molar-refractivity contribution in [2.75, 3.05) is 18.2 Å². The third kappa shape index (κ3) is 3.26. The van der Waals surface area contributed by atoms with Crippen LogP contribution in [-0.2, 0) is 9.59 Å². The number of urea groups is 1. The highest BCUT2D eigenvalue weighted by Gasteiger charge is 2.50. The van der Waals surface area contributed by atoms with Crippen LogP contribution in [-0.4, -0.2) is 70.0 Å². The molecule has 1 aliphatic carbocycles. The average molecular weight is 367 g/mol. The van der Waals surface area contributed by atoms with Crippen molar-refractivity contribution in [3.05, 3.63) is 0 Å². The molecule has 3 N–H and O–H groups in total. The quantitative estimate of drug-likeness (QED) is 0.680. The lowest BCUT2D eigenvalue weighted by Crippen LogP contribution is -2.89. The summed E-state index contributed by atoms with van der Waals surface area (Å²) in [5.74, 6) is 1.81. The van der Waals surface area contributed by atoms with Gasteiger partial charge in [-0.05, 0) is 25.7 Å². The predicted octanol–water partition coefficient (Wildman–Crippen LogP) is -0.133. The van der Waals surface area contributed by atoms with E-state index in [0.717, 1.165) is 43.7 Å². The lowest BCUT2D eigenvalue weighted by atomic mass is 9.93. The summed E-state index contributed by atoms with van der Waals surface area (Å²) in [6.07, 6.45) is 6.56. The summed E-state index contributed by atoms with van der Waals surface area (Å²) in [5, 5.41) is 5.17. The van der Waals surface area contributed by atoms with E-state index in [-0.39, 0.29) is 42.0 Å². The van der Waals surface area contributed by atoms with Gasteiger partial charge in [0.25, 0.3) is 11.8 Å². The molecule has 138 valence electrons. The molecule has 3 atom stereocenters. The molecule has 25 heavy (non-hydrogen) atoms. The zero-order valence-electron chi connectivity index (χ0n) is 14.5. The molecule has 3 heterocycles. The summed E-state index contributed by atoms with van der Waals surface area (Å²) in [4.78, 5) is 41.2. The van der Waals surface area contributed by atoms with Crippen LogP contribution in [0.25, 0.3) is 0 Å². The molecule has 0 spiro atoms. The first kappa shape index (κ1) is 17.1. The molecule has 0 aromatic rings. The maximum absolute atomic E-state index is 12.9. The third-order valence-corrected chi connectivity index (χ3v) is 7.02. The Balaban J connectivity index is 1.39. The van der Waals surface area contributed by atoms with Gasteiger partial charge in [0.05, 0.1) is 5.75 Å². The minimum atomic E-state index is -0.379. The second kappa shape index (κ2) is 7.15. The van der Waals surface area contributed by atoms with Crippen LogP contribution >= 0.6 is 11.8 Å². The number of nitrogens with two attached hydrogens (primary N) is 1. The molecule has 4 rings (SSSR count). The zero-order chi connectivity index (χ0) is 17.4. The topological polar surface area (TPSA) is 86.3 Å². The van der Waals surface area contributed by atoms with Crippen molar-refractivity contribution in [3.8, 4) is 0 Å². The Labute approximate surface area is 152 Å². The van der Waals surface area contributed by atoms with E-state index < -0.39 is 0 Å². The van der Waals surface area contributed by atoms with Gasteiger partial charge in [0.1, 0.15) is 11.9 Å². The van der Waals surface area contributed by atoms with Crippen LogP contribution in [0.4, 0.5) is 4.79 Å². The second-order valence-electron chi connectivity index (χ2n) is 7.60. The molecule has 4 aliphatic rings. The average Bonchev–Trinajstić information content (AvgIpc) is 3.24. The fourth-order valence-electron chi connectivity index (χ4n) is 4.57. The second-order valence-corrected chi connectivity index (χ2v) is 8.68. The van der Waals surface area contributed by atoms with Crippen LogP contribution in [0.3, 0.4) is 0 Å². The van der Waals surface area contributed by atoms with Gasteiger partial charge < -0.3 is 15.5 Å². The number of imide groups is 1. The Hall–Kier alpha value is -1.28. The van der Waals surface area contributed by atoms with Gasteiger partial charge in [-0.15, -0.1) is 0 Å². The summed E-state index contributed by atoms with van der Waals surface area (Å²) >= 11 is 1.77. The van der Waals surface area contributed by atoms with E-state index in [1.165, 1.54) is 11.3 Å². The first-order valence-electron chi connectivity index (χ1n) is 9.50. The van der Waals surface area contributed by atoms with Gasteiger partial charge >= 0.3 is 6.03 Å². The van der Waals surface area contributed by atoms with Gasteiger partial charge in [-0.3, -0.25) is 14.5 Å². The van der Waals surface area contributed by atoms with Gasteiger partial charge in [0.15, 0.2) is 6.04 Å². The normalized spacial score (nSPS) is 33.7. The SMILES string of the molecule is O=C(N[C@H]1CCN2C(=O)N(C3CCCCC3)C(=O)[C@@H]2C1)[C@@H]1CSC[NH2+]1. The van der Waals surface area contributed by atoms with Gasteiger partial charge in [-0.25, -0.2) is 4.79 Å². The Morgan fingerprint density at radius 2 is 1.96 bits per heavy atom. The molecule has 3 aliphatic heterocycles. The van der Waals surface area contributed by atoms with Gasteiger partial charge in [0.2, 0.25) is 0 Å². The minimum Gasteiger partial charge on any atom is -0.348 e. The highest BCUT2D eigenvalue weighted by atomic mass is 32.2. The Bertz CT molecular complexity index is 560. The number of nitrogens with one attached hydrogen (secondary N) is 1. The lowest BCUT2D eigenvalue weighted by Gasteiger charge is -2.33. The number of quaternary nitrogens is 1. The maximum Gasteiger partial charge on any atom is 0.327 e. The van der Waals surface area contributed by atoms with Crippen LogP contribution in [0, 0.1) is 0 Å². The lowest BCUT2D eigenvalue weighted by molar-refractivity contribution is -0.648. The Morgan fingerprint density at radius 3 is 2.68 bits per heavy atom. The Kier molecular flexibility index (Phi) is 4.90. The van der Waals surface area contributed by atoms with Crippen LogP contribution in [0.2, 0.25) is 0 Å². The number of piperidine rings is 1. The fraction of sp³-hybridized carbons (Fsp3) is 0.824. The zero-order valence-corrected chi connectivity index (χ0v) is 15.3. The van der Waals surface area contributed by atoms with Crippen molar-refractivity contribution in [2.45, 2.75) is 69.1 Å².